The monoisotopic (exact) mass is 449 g/mol. The molecular formula is C20H21BrFN3O3. The van der Waals surface area contributed by atoms with Crippen molar-refractivity contribution >= 4 is 39.6 Å². The van der Waals surface area contributed by atoms with Gasteiger partial charge in [0.2, 0.25) is 5.91 Å². The largest absolute Gasteiger partial charge is 0.490 e. The van der Waals surface area contributed by atoms with Gasteiger partial charge in [0.15, 0.2) is 0 Å². The molecule has 2 aromatic carbocycles. The molecule has 6 nitrogen and oxygen atoms in total. The van der Waals surface area contributed by atoms with Gasteiger partial charge in [-0.05, 0) is 51.1 Å². The van der Waals surface area contributed by atoms with Crippen LogP contribution >= 0.6 is 15.9 Å². The fourth-order valence-electron chi connectivity index (χ4n) is 2.17. The Morgan fingerprint density at radius 1 is 1.14 bits per heavy atom. The Morgan fingerprint density at radius 3 is 2.54 bits per heavy atom. The normalized spacial score (nSPS) is 12.1. The van der Waals surface area contributed by atoms with Crippen LogP contribution in [0.2, 0.25) is 0 Å². The molecule has 2 amide bonds. The van der Waals surface area contributed by atoms with E-state index in [-0.39, 0.29) is 11.8 Å². The van der Waals surface area contributed by atoms with Gasteiger partial charge in [0, 0.05) is 10.0 Å². The van der Waals surface area contributed by atoms with Crippen molar-refractivity contribution in [2.75, 3.05) is 5.32 Å². The highest BCUT2D eigenvalue weighted by molar-refractivity contribution is 9.10. The molecule has 8 heteroatoms. The van der Waals surface area contributed by atoms with E-state index in [4.69, 9.17) is 4.74 Å². The number of amides is 2. The van der Waals surface area contributed by atoms with Crippen LogP contribution in [0.3, 0.4) is 0 Å². The summed E-state index contributed by atoms with van der Waals surface area (Å²) in [5.74, 6) is -2.28. The molecule has 0 aliphatic rings. The number of hydrazone groups is 1. The first-order valence-electron chi connectivity index (χ1n) is 8.62. The SMILES string of the molecule is CC(C)Oc1ccc(Br)cc1C=NNC(=O)C(C)C(=O)Nc1ccccc1F. The number of ether oxygens (including phenoxy) is 1. The molecule has 0 bridgehead atoms. The number of nitrogens with zero attached hydrogens (tertiary/aromatic N) is 1. The zero-order chi connectivity index (χ0) is 20.7. The lowest BCUT2D eigenvalue weighted by atomic mass is 10.1. The van der Waals surface area contributed by atoms with Gasteiger partial charge < -0.3 is 10.1 Å². The molecule has 0 saturated heterocycles. The van der Waals surface area contributed by atoms with E-state index in [1.54, 1.807) is 18.2 Å². The Bertz CT molecular complexity index is 887. The average molecular weight is 450 g/mol. The van der Waals surface area contributed by atoms with Crippen LogP contribution < -0.4 is 15.5 Å². The Balaban J connectivity index is 2.00. The Labute approximate surface area is 171 Å². The van der Waals surface area contributed by atoms with E-state index in [2.05, 4.69) is 31.8 Å². The molecule has 0 aliphatic heterocycles. The summed E-state index contributed by atoms with van der Waals surface area (Å²) in [7, 11) is 0. The molecule has 1 atom stereocenters. The highest BCUT2D eigenvalue weighted by atomic mass is 79.9. The molecular weight excluding hydrogens is 429 g/mol. The third-order valence-electron chi connectivity index (χ3n) is 3.63. The van der Waals surface area contributed by atoms with Gasteiger partial charge in [0.1, 0.15) is 17.5 Å². The molecule has 0 heterocycles. The van der Waals surface area contributed by atoms with E-state index in [1.165, 1.54) is 31.3 Å². The van der Waals surface area contributed by atoms with Gasteiger partial charge in [-0.2, -0.15) is 5.10 Å². The van der Waals surface area contributed by atoms with E-state index < -0.39 is 23.5 Å². The fraction of sp³-hybridized carbons (Fsp3) is 0.250. The van der Waals surface area contributed by atoms with Gasteiger partial charge in [-0.15, -0.1) is 0 Å². The molecule has 0 fully saturated rings. The number of carbonyl (C=O) groups excluding carboxylic acids is 2. The van der Waals surface area contributed by atoms with Crippen molar-refractivity contribution in [2.24, 2.45) is 11.0 Å². The molecule has 28 heavy (non-hydrogen) atoms. The van der Waals surface area contributed by atoms with Crippen LogP contribution in [0.5, 0.6) is 5.75 Å². The van der Waals surface area contributed by atoms with E-state index in [1.807, 2.05) is 19.9 Å². The number of hydrogen-bond acceptors (Lipinski definition) is 4. The summed E-state index contributed by atoms with van der Waals surface area (Å²) in [4.78, 5) is 24.3. The van der Waals surface area contributed by atoms with Gasteiger partial charge in [-0.1, -0.05) is 28.1 Å². The highest BCUT2D eigenvalue weighted by Gasteiger charge is 2.22. The number of nitrogens with one attached hydrogen (secondary N) is 2. The third kappa shape index (κ3) is 6.16. The second kappa shape index (κ2) is 9.98. The lowest BCUT2D eigenvalue weighted by molar-refractivity contribution is -0.131. The fourth-order valence-corrected chi connectivity index (χ4v) is 2.55. The Morgan fingerprint density at radius 2 is 1.86 bits per heavy atom. The first-order chi connectivity index (χ1) is 13.3. The van der Waals surface area contributed by atoms with Crippen LogP contribution in [0.1, 0.15) is 26.3 Å². The molecule has 2 N–H and O–H groups in total. The predicted molar refractivity (Wildman–Crippen MR) is 110 cm³/mol. The molecule has 148 valence electrons. The van der Waals surface area contributed by atoms with Crippen molar-refractivity contribution in [3.8, 4) is 5.75 Å². The van der Waals surface area contributed by atoms with Crippen molar-refractivity contribution in [3.63, 3.8) is 0 Å². The van der Waals surface area contributed by atoms with Crippen LogP contribution in [0, 0.1) is 11.7 Å². The molecule has 1 unspecified atom stereocenters. The van der Waals surface area contributed by atoms with Gasteiger partial charge >= 0.3 is 0 Å². The van der Waals surface area contributed by atoms with Crippen LogP contribution in [0.4, 0.5) is 10.1 Å². The minimum Gasteiger partial charge on any atom is -0.490 e. The van der Waals surface area contributed by atoms with Gasteiger partial charge in [0.25, 0.3) is 5.91 Å². The summed E-state index contributed by atoms with van der Waals surface area (Å²) >= 11 is 3.37. The second-order valence-electron chi connectivity index (χ2n) is 6.27. The van der Waals surface area contributed by atoms with E-state index in [0.717, 1.165) is 4.47 Å². The lowest BCUT2D eigenvalue weighted by Crippen LogP contribution is -2.34. The standard InChI is InChI=1S/C20H21BrFN3O3/c1-12(2)28-18-9-8-15(21)10-14(18)11-23-25-20(27)13(3)19(26)24-17-7-5-4-6-16(17)22/h4-13H,1-3H3,(H,24,26)(H,25,27). The molecule has 0 spiro atoms. The lowest BCUT2D eigenvalue weighted by Gasteiger charge is -2.13. The zero-order valence-electron chi connectivity index (χ0n) is 15.7. The van der Waals surface area contributed by atoms with E-state index in [9.17, 15) is 14.0 Å². The van der Waals surface area contributed by atoms with Crippen LogP contribution in [-0.4, -0.2) is 24.1 Å². The minimum atomic E-state index is -1.06. The maximum atomic E-state index is 13.6. The Hall–Kier alpha value is -2.74. The van der Waals surface area contributed by atoms with Crippen molar-refractivity contribution in [3.05, 3.63) is 58.3 Å². The summed E-state index contributed by atoms with van der Waals surface area (Å²) in [6.07, 6.45) is 1.41. The summed E-state index contributed by atoms with van der Waals surface area (Å²) in [5, 5.41) is 6.28. The molecule has 0 saturated carbocycles. The van der Waals surface area contributed by atoms with Crippen molar-refractivity contribution in [2.45, 2.75) is 26.9 Å². The number of carbonyl (C=O) groups is 2. The molecule has 0 radical (unpaired) electrons. The van der Waals surface area contributed by atoms with Crippen molar-refractivity contribution < 1.29 is 18.7 Å². The molecule has 0 aromatic heterocycles. The van der Waals surface area contributed by atoms with E-state index >= 15 is 0 Å². The quantitative estimate of drug-likeness (QED) is 0.379. The molecule has 2 aromatic rings. The number of anilines is 1. The predicted octanol–water partition coefficient (Wildman–Crippen LogP) is 4.10. The van der Waals surface area contributed by atoms with Gasteiger partial charge in [-0.3, -0.25) is 9.59 Å². The smallest absolute Gasteiger partial charge is 0.252 e. The average Bonchev–Trinajstić information content (AvgIpc) is 2.64. The first-order valence-corrected chi connectivity index (χ1v) is 9.41. The van der Waals surface area contributed by atoms with Crippen LogP contribution in [0.15, 0.2) is 52.0 Å². The van der Waals surface area contributed by atoms with Gasteiger partial charge in [-0.25, -0.2) is 9.82 Å². The Kier molecular flexibility index (Phi) is 7.69. The highest BCUT2D eigenvalue weighted by Crippen LogP contribution is 2.22. The van der Waals surface area contributed by atoms with Gasteiger partial charge in [0.05, 0.1) is 18.0 Å². The summed E-state index contributed by atoms with van der Waals surface area (Å²) < 4.78 is 20.1. The van der Waals surface area contributed by atoms with Crippen LogP contribution in [-0.2, 0) is 9.59 Å². The van der Waals surface area contributed by atoms with Crippen LogP contribution in [0.25, 0.3) is 0 Å². The molecule has 2 rings (SSSR count). The minimum absolute atomic E-state index is 0.0141. The topological polar surface area (TPSA) is 79.8 Å². The number of rotatable bonds is 7. The number of halogens is 2. The number of para-hydroxylation sites is 1. The number of hydrogen-bond donors (Lipinski definition) is 2. The zero-order valence-corrected chi connectivity index (χ0v) is 17.3. The summed E-state index contributed by atoms with van der Waals surface area (Å²) in [5.41, 5.74) is 2.99. The maximum absolute atomic E-state index is 13.6. The van der Waals surface area contributed by atoms with Crippen molar-refractivity contribution in [1.82, 2.24) is 5.43 Å². The second-order valence-corrected chi connectivity index (χ2v) is 7.19. The van der Waals surface area contributed by atoms with E-state index in [0.29, 0.717) is 11.3 Å². The number of benzene rings is 2. The maximum Gasteiger partial charge on any atom is 0.252 e. The third-order valence-corrected chi connectivity index (χ3v) is 4.12. The first kappa shape index (κ1) is 21.6. The summed E-state index contributed by atoms with van der Waals surface area (Å²) in [6, 6.07) is 11.2. The summed E-state index contributed by atoms with van der Waals surface area (Å²) in [6.45, 7) is 5.22. The van der Waals surface area contributed by atoms with Crippen molar-refractivity contribution in [1.29, 1.82) is 0 Å². The molecule has 0 aliphatic carbocycles.